The van der Waals surface area contributed by atoms with Crippen molar-refractivity contribution in [3.05, 3.63) is 0 Å². The highest BCUT2D eigenvalue weighted by atomic mass is 16.5. The maximum atomic E-state index is 11.5. The molecule has 2 amide bonds. The van der Waals surface area contributed by atoms with Crippen molar-refractivity contribution < 1.29 is 24.2 Å². The number of carboxylic acids is 1. The fraction of sp³-hybridized carbons (Fsp3) is 0.818. The Kier molecular flexibility index (Phi) is 8.95. The molecule has 0 saturated heterocycles. The third-order valence-electron chi connectivity index (χ3n) is 2.36. The summed E-state index contributed by atoms with van der Waals surface area (Å²) in [6, 6.07) is -1.38. The summed E-state index contributed by atoms with van der Waals surface area (Å²) in [4.78, 5) is 22.3. The van der Waals surface area contributed by atoms with Gasteiger partial charge in [0.1, 0.15) is 6.04 Å². The Balaban J connectivity index is 4.04. The van der Waals surface area contributed by atoms with Crippen LogP contribution in [0.2, 0.25) is 0 Å². The first-order valence-electron chi connectivity index (χ1n) is 5.84. The lowest BCUT2D eigenvalue weighted by atomic mass is 10.2. The number of rotatable bonds is 9. The van der Waals surface area contributed by atoms with Crippen LogP contribution >= 0.6 is 0 Å². The summed E-state index contributed by atoms with van der Waals surface area (Å²) in [5.41, 5.74) is 0. The molecule has 0 aliphatic heterocycles. The topological polar surface area (TPSA) is 96.9 Å². The van der Waals surface area contributed by atoms with Crippen LogP contribution < -0.4 is 10.6 Å². The number of carbonyl (C=O) groups excluding carboxylic acids is 1. The van der Waals surface area contributed by atoms with E-state index in [1.807, 2.05) is 6.92 Å². The van der Waals surface area contributed by atoms with E-state index in [4.69, 9.17) is 14.6 Å². The first-order chi connectivity index (χ1) is 8.54. The minimum atomic E-state index is -1.04. The van der Waals surface area contributed by atoms with Gasteiger partial charge in [0, 0.05) is 20.8 Å². The number of aliphatic carboxylic acids is 1. The van der Waals surface area contributed by atoms with Crippen molar-refractivity contribution in [2.24, 2.45) is 0 Å². The maximum Gasteiger partial charge on any atom is 0.326 e. The van der Waals surface area contributed by atoms with Crippen molar-refractivity contribution in [2.45, 2.75) is 31.9 Å². The predicted molar refractivity (Wildman–Crippen MR) is 65.5 cm³/mol. The van der Waals surface area contributed by atoms with E-state index in [0.29, 0.717) is 19.4 Å². The highest BCUT2D eigenvalue weighted by Crippen LogP contribution is 1.96. The van der Waals surface area contributed by atoms with Crippen LogP contribution in [0.15, 0.2) is 0 Å². The van der Waals surface area contributed by atoms with Crippen molar-refractivity contribution in [3.8, 4) is 0 Å². The van der Waals surface area contributed by atoms with Crippen LogP contribution in [-0.2, 0) is 14.3 Å². The Morgan fingerprint density at radius 1 is 1.33 bits per heavy atom. The Morgan fingerprint density at radius 3 is 2.44 bits per heavy atom. The summed E-state index contributed by atoms with van der Waals surface area (Å²) in [5, 5.41) is 13.8. The molecule has 7 nitrogen and oxygen atoms in total. The lowest BCUT2D eigenvalue weighted by Gasteiger charge is -2.17. The monoisotopic (exact) mass is 262 g/mol. The van der Waals surface area contributed by atoms with Gasteiger partial charge < -0.3 is 25.2 Å². The number of urea groups is 1. The molecule has 106 valence electrons. The standard InChI is InChI=1S/C11H22N2O5/c1-4-5-9(10(14)15)13-11(16)12-6-8(18-3)7-17-2/h8-9H,4-7H2,1-3H3,(H,14,15)(H2,12,13,16)/t8?,9-/m1/s1. The molecule has 0 aromatic rings. The molecule has 7 heteroatoms. The summed E-state index contributed by atoms with van der Waals surface area (Å²) >= 11 is 0. The van der Waals surface area contributed by atoms with Gasteiger partial charge in [-0.05, 0) is 6.42 Å². The summed E-state index contributed by atoms with van der Waals surface area (Å²) < 4.78 is 9.95. The van der Waals surface area contributed by atoms with Gasteiger partial charge in [-0.3, -0.25) is 0 Å². The Hall–Kier alpha value is -1.34. The lowest BCUT2D eigenvalue weighted by molar-refractivity contribution is -0.139. The number of carbonyl (C=O) groups is 2. The van der Waals surface area contributed by atoms with Gasteiger partial charge in [-0.1, -0.05) is 13.3 Å². The van der Waals surface area contributed by atoms with Gasteiger partial charge in [-0.25, -0.2) is 9.59 Å². The Bertz CT molecular complexity index is 260. The van der Waals surface area contributed by atoms with Gasteiger partial charge >= 0.3 is 12.0 Å². The fourth-order valence-corrected chi connectivity index (χ4v) is 1.36. The third kappa shape index (κ3) is 7.08. The van der Waals surface area contributed by atoms with E-state index in [1.54, 1.807) is 0 Å². The summed E-state index contributed by atoms with van der Waals surface area (Å²) in [6.07, 6.45) is 0.825. The average Bonchev–Trinajstić information content (AvgIpc) is 2.33. The molecule has 2 atom stereocenters. The molecule has 0 bridgehead atoms. The van der Waals surface area contributed by atoms with Crippen LogP contribution in [0.3, 0.4) is 0 Å². The Labute approximate surface area is 107 Å². The molecule has 0 rings (SSSR count). The molecule has 0 heterocycles. The number of nitrogens with one attached hydrogen (secondary N) is 2. The van der Waals surface area contributed by atoms with Gasteiger partial charge in [-0.15, -0.1) is 0 Å². The van der Waals surface area contributed by atoms with Gasteiger partial charge in [-0.2, -0.15) is 0 Å². The number of hydrogen-bond acceptors (Lipinski definition) is 4. The number of hydrogen-bond donors (Lipinski definition) is 3. The molecule has 1 unspecified atom stereocenters. The van der Waals surface area contributed by atoms with Crippen LogP contribution in [0.4, 0.5) is 4.79 Å². The molecule has 0 fully saturated rings. The van der Waals surface area contributed by atoms with Crippen molar-refractivity contribution in [3.63, 3.8) is 0 Å². The zero-order chi connectivity index (χ0) is 14.0. The lowest BCUT2D eigenvalue weighted by Crippen LogP contribution is -2.48. The van der Waals surface area contributed by atoms with Crippen molar-refractivity contribution in [2.75, 3.05) is 27.4 Å². The molecule has 0 aromatic heterocycles. The first-order valence-corrected chi connectivity index (χ1v) is 5.84. The smallest absolute Gasteiger partial charge is 0.326 e. The zero-order valence-corrected chi connectivity index (χ0v) is 11.1. The second-order valence-electron chi connectivity index (χ2n) is 3.85. The van der Waals surface area contributed by atoms with Crippen molar-refractivity contribution in [1.29, 1.82) is 0 Å². The molecular weight excluding hydrogens is 240 g/mol. The van der Waals surface area contributed by atoms with E-state index in [-0.39, 0.29) is 12.6 Å². The molecule has 0 saturated carbocycles. The van der Waals surface area contributed by atoms with Gasteiger partial charge in [0.15, 0.2) is 0 Å². The van der Waals surface area contributed by atoms with E-state index in [0.717, 1.165) is 0 Å². The summed E-state index contributed by atoms with van der Waals surface area (Å²) in [7, 11) is 3.05. The van der Waals surface area contributed by atoms with Gasteiger partial charge in [0.05, 0.1) is 12.7 Å². The van der Waals surface area contributed by atoms with Crippen molar-refractivity contribution >= 4 is 12.0 Å². The quantitative estimate of drug-likeness (QED) is 0.551. The second-order valence-corrected chi connectivity index (χ2v) is 3.85. The van der Waals surface area contributed by atoms with E-state index < -0.39 is 18.0 Å². The first kappa shape index (κ1) is 16.7. The third-order valence-corrected chi connectivity index (χ3v) is 2.36. The fourth-order valence-electron chi connectivity index (χ4n) is 1.36. The van der Waals surface area contributed by atoms with Crippen LogP contribution in [0, 0.1) is 0 Å². The van der Waals surface area contributed by atoms with Gasteiger partial charge in [0.25, 0.3) is 0 Å². The normalized spacial score (nSPS) is 13.7. The number of ether oxygens (including phenoxy) is 2. The van der Waals surface area contributed by atoms with Crippen molar-refractivity contribution in [1.82, 2.24) is 10.6 Å². The molecule has 0 aromatic carbocycles. The Morgan fingerprint density at radius 2 is 2.00 bits per heavy atom. The minimum Gasteiger partial charge on any atom is -0.480 e. The highest BCUT2D eigenvalue weighted by molar-refractivity contribution is 5.82. The minimum absolute atomic E-state index is 0.254. The van der Waals surface area contributed by atoms with E-state index >= 15 is 0 Å². The molecule has 3 N–H and O–H groups in total. The molecule has 18 heavy (non-hydrogen) atoms. The van der Waals surface area contributed by atoms with E-state index in [9.17, 15) is 9.59 Å². The highest BCUT2D eigenvalue weighted by Gasteiger charge is 2.19. The maximum absolute atomic E-state index is 11.5. The van der Waals surface area contributed by atoms with E-state index in [1.165, 1.54) is 14.2 Å². The number of amides is 2. The van der Waals surface area contributed by atoms with Gasteiger partial charge in [0.2, 0.25) is 0 Å². The van der Waals surface area contributed by atoms with Crippen LogP contribution in [0.1, 0.15) is 19.8 Å². The van der Waals surface area contributed by atoms with Crippen LogP contribution in [0.5, 0.6) is 0 Å². The summed E-state index contributed by atoms with van der Waals surface area (Å²) in [6.45, 7) is 2.47. The van der Waals surface area contributed by atoms with E-state index in [2.05, 4.69) is 10.6 Å². The molecule has 0 aliphatic carbocycles. The molecule has 0 spiro atoms. The average molecular weight is 262 g/mol. The molecular formula is C11H22N2O5. The number of carboxylic acid groups (broad SMARTS) is 1. The summed E-state index contributed by atoms with van der Waals surface area (Å²) in [5.74, 6) is -1.04. The molecule has 0 radical (unpaired) electrons. The molecule has 0 aliphatic rings. The largest absolute Gasteiger partial charge is 0.480 e. The number of methoxy groups -OCH3 is 2. The van der Waals surface area contributed by atoms with Crippen LogP contribution in [0.25, 0.3) is 0 Å². The second kappa shape index (κ2) is 9.67. The SMILES string of the molecule is CCC[C@@H](NC(=O)NCC(COC)OC)C(=O)O. The zero-order valence-electron chi connectivity index (χ0n) is 11.1. The van der Waals surface area contributed by atoms with Crippen LogP contribution in [-0.4, -0.2) is 56.6 Å². The predicted octanol–water partition coefficient (Wildman–Crippen LogP) is 0.200.